The summed E-state index contributed by atoms with van der Waals surface area (Å²) >= 11 is 6.28. The van der Waals surface area contributed by atoms with E-state index in [9.17, 15) is 4.79 Å². The van der Waals surface area contributed by atoms with Gasteiger partial charge in [-0.05, 0) is 80.1 Å². The molecule has 4 heteroatoms. The number of hydrogen-bond donors (Lipinski definition) is 1. The molecule has 2 aromatic carbocycles. The van der Waals surface area contributed by atoms with Gasteiger partial charge in [0.2, 0.25) is 0 Å². The van der Waals surface area contributed by atoms with E-state index in [0.717, 1.165) is 49.6 Å². The number of anilines is 1. The number of carbonyl (C=O) groups is 1. The lowest BCUT2D eigenvalue weighted by Gasteiger charge is -2.32. The van der Waals surface area contributed by atoms with E-state index in [0.29, 0.717) is 18.1 Å². The van der Waals surface area contributed by atoms with E-state index in [1.165, 1.54) is 29.7 Å². The van der Waals surface area contributed by atoms with Gasteiger partial charge in [-0.2, -0.15) is 0 Å². The lowest BCUT2D eigenvalue weighted by molar-refractivity contribution is 0.0961. The summed E-state index contributed by atoms with van der Waals surface area (Å²) in [6.07, 6.45) is 5.05. The number of rotatable bonds is 6. The van der Waals surface area contributed by atoms with E-state index >= 15 is 0 Å². The largest absolute Gasteiger partial charge is 0.384 e. The average Bonchev–Trinajstić information content (AvgIpc) is 3.17. The molecule has 0 bridgehead atoms. The Kier molecular flexibility index (Phi) is 5.80. The second kappa shape index (κ2) is 8.45. The molecule has 1 fully saturated rings. The third-order valence-electron chi connectivity index (χ3n) is 5.98. The van der Waals surface area contributed by atoms with E-state index < -0.39 is 0 Å². The number of benzene rings is 2. The number of ketones is 1. The Morgan fingerprint density at radius 2 is 1.96 bits per heavy atom. The van der Waals surface area contributed by atoms with Crippen LogP contribution in [0.2, 0.25) is 5.02 Å². The predicted molar refractivity (Wildman–Crippen MR) is 112 cm³/mol. The molecule has 2 aliphatic rings. The summed E-state index contributed by atoms with van der Waals surface area (Å²) in [5.41, 5.74) is 4.57. The van der Waals surface area contributed by atoms with Crippen LogP contribution in [0.15, 0.2) is 42.5 Å². The maximum absolute atomic E-state index is 12.6. The van der Waals surface area contributed by atoms with Gasteiger partial charge in [0.25, 0.3) is 0 Å². The van der Waals surface area contributed by atoms with E-state index in [-0.39, 0.29) is 0 Å². The van der Waals surface area contributed by atoms with Crippen molar-refractivity contribution in [3.05, 3.63) is 64.2 Å². The Labute approximate surface area is 166 Å². The van der Waals surface area contributed by atoms with Gasteiger partial charge in [0.05, 0.1) is 0 Å². The van der Waals surface area contributed by atoms with Crippen LogP contribution < -0.4 is 5.32 Å². The Morgan fingerprint density at radius 1 is 1.15 bits per heavy atom. The number of piperidine rings is 1. The van der Waals surface area contributed by atoms with Crippen LogP contribution in [-0.2, 0) is 13.0 Å². The quantitative estimate of drug-likeness (QED) is 0.698. The maximum Gasteiger partial charge on any atom is 0.162 e. The summed E-state index contributed by atoms with van der Waals surface area (Å²) in [6.45, 7) is 4.09. The topological polar surface area (TPSA) is 32.3 Å². The van der Waals surface area contributed by atoms with Crippen molar-refractivity contribution in [2.24, 2.45) is 5.92 Å². The lowest BCUT2D eigenvalue weighted by Crippen LogP contribution is -2.33. The zero-order chi connectivity index (χ0) is 18.6. The van der Waals surface area contributed by atoms with Gasteiger partial charge in [-0.25, -0.2) is 0 Å². The molecule has 142 valence electrons. The standard InChI is InChI=1S/C23H27ClN2O/c24-21-4-2-1-3-20(21)16-26-13-10-17(11-14-26)5-8-23(27)19-6-7-22-18(15-19)9-12-25-22/h1-4,6-7,15,17,25H,5,8-14,16H2. The van der Waals surface area contributed by atoms with Crippen molar-refractivity contribution in [2.75, 3.05) is 25.0 Å². The number of carbonyl (C=O) groups excluding carboxylic acids is 1. The number of likely N-dealkylation sites (tertiary alicyclic amines) is 1. The molecular formula is C23H27ClN2O. The molecule has 4 rings (SSSR count). The van der Waals surface area contributed by atoms with Gasteiger partial charge in [-0.15, -0.1) is 0 Å². The predicted octanol–water partition coefficient (Wildman–Crippen LogP) is 5.18. The van der Waals surface area contributed by atoms with Crippen LogP contribution in [0.25, 0.3) is 0 Å². The molecule has 0 aliphatic carbocycles. The van der Waals surface area contributed by atoms with E-state index in [4.69, 9.17) is 11.6 Å². The Bertz CT molecular complexity index is 812. The fraction of sp³-hybridized carbons (Fsp3) is 0.435. The van der Waals surface area contributed by atoms with Crippen LogP contribution in [0.3, 0.4) is 0 Å². The van der Waals surface area contributed by atoms with Crippen molar-refractivity contribution in [3.8, 4) is 0 Å². The Hall–Kier alpha value is -1.84. The number of Topliss-reactive ketones (excluding diaryl/α,β-unsaturated/α-hetero) is 1. The highest BCUT2D eigenvalue weighted by atomic mass is 35.5. The summed E-state index contributed by atoms with van der Waals surface area (Å²) in [4.78, 5) is 15.1. The molecule has 0 atom stereocenters. The molecule has 0 aromatic heterocycles. The molecule has 0 radical (unpaired) electrons. The fourth-order valence-electron chi connectivity index (χ4n) is 4.26. The van der Waals surface area contributed by atoms with Gasteiger partial charge in [-0.3, -0.25) is 9.69 Å². The number of halogens is 1. The van der Waals surface area contributed by atoms with Crippen molar-refractivity contribution < 1.29 is 4.79 Å². The van der Waals surface area contributed by atoms with Gasteiger partial charge in [0.15, 0.2) is 5.78 Å². The summed E-state index contributed by atoms with van der Waals surface area (Å²) in [6, 6.07) is 14.2. The zero-order valence-electron chi connectivity index (χ0n) is 15.7. The molecule has 2 aliphatic heterocycles. The minimum atomic E-state index is 0.295. The van der Waals surface area contributed by atoms with Gasteiger partial charge >= 0.3 is 0 Å². The van der Waals surface area contributed by atoms with Crippen molar-refractivity contribution in [3.63, 3.8) is 0 Å². The van der Waals surface area contributed by atoms with Crippen LogP contribution in [0.4, 0.5) is 5.69 Å². The first-order chi connectivity index (χ1) is 13.2. The van der Waals surface area contributed by atoms with E-state index in [2.05, 4.69) is 34.5 Å². The van der Waals surface area contributed by atoms with Crippen LogP contribution in [0.5, 0.6) is 0 Å². The van der Waals surface area contributed by atoms with Crippen LogP contribution in [0.1, 0.15) is 47.2 Å². The molecular weight excluding hydrogens is 356 g/mol. The van der Waals surface area contributed by atoms with Crippen molar-refractivity contribution in [1.29, 1.82) is 0 Å². The summed E-state index contributed by atoms with van der Waals surface area (Å²) in [5.74, 6) is 0.954. The third-order valence-corrected chi connectivity index (χ3v) is 6.34. The first-order valence-corrected chi connectivity index (χ1v) is 10.4. The van der Waals surface area contributed by atoms with Gasteiger partial charge < -0.3 is 5.32 Å². The number of hydrogen-bond acceptors (Lipinski definition) is 3. The van der Waals surface area contributed by atoms with Gasteiger partial charge in [0.1, 0.15) is 0 Å². The van der Waals surface area contributed by atoms with Crippen LogP contribution in [-0.4, -0.2) is 30.3 Å². The highest BCUT2D eigenvalue weighted by molar-refractivity contribution is 6.31. The zero-order valence-corrected chi connectivity index (χ0v) is 16.5. The first kappa shape index (κ1) is 18.5. The molecule has 0 unspecified atom stereocenters. The Balaban J connectivity index is 1.24. The van der Waals surface area contributed by atoms with E-state index in [1.54, 1.807) is 0 Å². The smallest absolute Gasteiger partial charge is 0.162 e. The average molecular weight is 383 g/mol. The minimum absolute atomic E-state index is 0.295. The molecule has 27 heavy (non-hydrogen) atoms. The molecule has 0 saturated carbocycles. The van der Waals surface area contributed by atoms with Gasteiger partial charge in [0, 0.05) is 35.8 Å². The molecule has 1 N–H and O–H groups in total. The third kappa shape index (κ3) is 4.53. The second-order valence-corrected chi connectivity index (χ2v) is 8.23. The van der Waals surface area contributed by atoms with Gasteiger partial charge in [-0.1, -0.05) is 29.8 Å². The normalized spacial score (nSPS) is 17.5. The SMILES string of the molecule is O=C(CCC1CCN(Cc2ccccc2Cl)CC1)c1ccc2c(c1)CCN2. The number of fused-ring (bicyclic) bond motifs is 1. The molecule has 2 aromatic rings. The highest BCUT2D eigenvalue weighted by Crippen LogP contribution is 2.27. The summed E-state index contributed by atoms with van der Waals surface area (Å²) in [7, 11) is 0. The molecule has 3 nitrogen and oxygen atoms in total. The van der Waals surface area contributed by atoms with Crippen molar-refractivity contribution >= 4 is 23.1 Å². The fourth-order valence-corrected chi connectivity index (χ4v) is 4.45. The molecule has 0 amide bonds. The Morgan fingerprint density at radius 3 is 2.78 bits per heavy atom. The second-order valence-electron chi connectivity index (χ2n) is 7.82. The van der Waals surface area contributed by atoms with E-state index in [1.807, 2.05) is 18.2 Å². The minimum Gasteiger partial charge on any atom is -0.384 e. The summed E-state index contributed by atoms with van der Waals surface area (Å²) in [5, 5.41) is 4.21. The maximum atomic E-state index is 12.6. The van der Waals surface area contributed by atoms with Crippen LogP contribution >= 0.6 is 11.6 Å². The first-order valence-electron chi connectivity index (χ1n) is 10.0. The van der Waals surface area contributed by atoms with Crippen molar-refractivity contribution in [2.45, 2.75) is 38.6 Å². The number of nitrogens with zero attached hydrogens (tertiary/aromatic N) is 1. The van der Waals surface area contributed by atoms with Crippen molar-refractivity contribution in [1.82, 2.24) is 4.90 Å². The number of nitrogens with one attached hydrogen (secondary N) is 1. The summed E-state index contributed by atoms with van der Waals surface area (Å²) < 4.78 is 0. The molecule has 0 spiro atoms. The lowest BCUT2D eigenvalue weighted by atomic mass is 9.90. The molecule has 2 heterocycles. The molecule has 1 saturated heterocycles. The highest BCUT2D eigenvalue weighted by Gasteiger charge is 2.21. The van der Waals surface area contributed by atoms with Crippen LogP contribution in [0, 0.1) is 5.92 Å². The monoisotopic (exact) mass is 382 g/mol.